The van der Waals surface area contributed by atoms with Crippen molar-refractivity contribution in [3.8, 4) is 0 Å². The molecule has 4 aromatic rings. The summed E-state index contributed by atoms with van der Waals surface area (Å²) in [5, 5.41) is 1.05. The van der Waals surface area contributed by atoms with E-state index in [0.29, 0.717) is 0 Å². The summed E-state index contributed by atoms with van der Waals surface area (Å²) in [4.78, 5) is 3.30. The zero-order chi connectivity index (χ0) is 19.6. The lowest BCUT2D eigenvalue weighted by atomic mass is 9.91. The third-order valence-corrected chi connectivity index (χ3v) is 6.24. The topological polar surface area (TPSA) is 62.0 Å². The van der Waals surface area contributed by atoms with E-state index in [0.717, 1.165) is 34.2 Å². The van der Waals surface area contributed by atoms with Gasteiger partial charge in [0.05, 0.1) is 4.90 Å². The Morgan fingerprint density at radius 1 is 0.893 bits per heavy atom. The summed E-state index contributed by atoms with van der Waals surface area (Å²) in [5.41, 5.74) is 3.03. The smallest absolute Gasteiger partial charge is 0.240 e. The molecule has 0 aliphatic heterocycles. The summed E-state index contributed by atoms with van der Waals surface area (Å²) in [5.74, 6) is -0.646. The van der Waals surface area contributed by atoms with Gasteiger partial charge in [-0.15, -0.1) is 0 Å². The molecular formula is C22H19FN2O2S. The van der Waals surface area contributed by atoms with Crippen LogP contribution in [-0.4, -0.2) is 19.9 Å². The first-order valence-electron chi connectivity index (χ1n) is 8.91. The molecule has 1 aromatic heterocycles. The van der Waals surface area contributed by atoms with Gasteiger partial charge >= 0.3 is 0 Å². The number of para-hydroxylation sites is 1. The van der Waals surface area contributed by atoms with Crippen molar-refractivity contribution in [3.63, 3.8) is 0 Å². The average molecular weight is 394 g/mol. The van der Waals surface area contributed by atoms with Crippen molar-refractivity contribution in [2.75, 3.05) is 6.54 Å². The summed E-state index contributed by atoms with van der Waals surface area (Å²) in [6.07, 6.45) is 1.93. The van der Waals surface area contributed by atoms with Gasteiger partial charge in [0.2, 0.25) is 10.0 Å². The molecule has 0 saturated heterocycles. The molecule has 4 nitrogen and oxygen atoms in total. The van der Waals surface area contributed by atoms with Crippen molar-refractivity contribution in [2.24, 2.45) is 0 Å². The van der Waals surface area contributed by atoms with Crippen molar-refractivity contribution >= 4 is 20.9 Å². The molecule has 0 saturated carbocycles. The molecule has 6 heteroatoms. The van der Waals surface area contributed by atoms with Crippen LogP contribution in [0.1, 0.15) is 17.0 Å². The largest absolute Gasteiger partial charge is 0.361 e. The minimum absolute atomic E-state index is 0.0413. The van der Waals surface area contributed by atoms with Crippen LogP contribution >= 0.6 is 0 Å². The van der Waals surface area contributed by atoms with Gasteiger partial charge in [0.25, 0.3) is 0 Å². The van der Waals surface area contributed by atoms with E-state index in [4.69, 9.17) is 0 Å². The Balaban J connectivity index is 1.68. The van der Waals surface area contributed by atoms with Gasteiger partial charge in [0.1, 0.15) is 5.82 Å². The Kier molecular flexibility index (Phi) is 4.98. The standard InChI is InChI=1S/C22H19FN2O2S/c23-17-10-12-18(13-11-17)28(26,27)25-15-20(16-6-2-1-3-7-16)21-14-24-22-9-5-4-8-19(21)22/h1-14,20,24-25H,15H2. The first-order valence-corrected chi connectivity index (χ1v) is 10.4. The molecule has 0 radical (unpaired) electrons. The third-order valence-electron chi connectivity index (χ3n) is 4.80. The molecule has 0 spiro atoms. The van der Waals surface area contributed by atoms with E-state index in [1.807, 2.05) is 60.8 Å². The molecular weight excluding hydrogens is 375 g/mol. The van der Waals surface area contributed by atoms with Gasteiger partial charge < -0.3 is 4.98 Å². The third kappa shape index (κ3) is 3.69. The second-order valence-electron chi connectivity index (χ2n) is 6.56. The number of rotatable bonds is 6. The number of sulfonamides is 1. The summed E-state index contributed by atoms with van der Waals surface area (Å²) in [6, 6.07) is 22.5. The maximum absolute atomic E-state index is 13.1. The molecule has 0 fully saturated rings. The summed E-state index contributed by atoms with van der Waals surface area (Å²) >= 11 is 0. The highest BCUT2D eigenvalue weighted by Gasteiger charge is 2.22. The SMILES string of the molecule is O=S(=O)(NCC(c1ccccc1)c1c[nH]c2ccccc12)c1ccc(F)cc1. The lowest BCUT2D eigenvalue weighted by Gasteiger charge is -2.18. The molecule has 2 N–H and O–H groups in total. The Morgan fingerprint density at radius 3 is 2.32 bits per heavy atom. The number of halogens is 1. The van der Waals surface area contributed by atoms with Gasteiger partial charge in [0, 0.05) is 29.6 Å². The van der Waals surface area contributed by atoms with Crippen LogP contribution in [0.4, 0.5) is 4.39 Å². The summed E-state index contributed by atoms with van der Waals surface area (Å²) in [6.45, 7) is 0.186. The molecule has 0 bridgehead atoms. The molecule has 1 unspecified atom stereocenters. The van der Waals surface area contributed by atoms with Crippen LogP contribution in [0.15, 0.2) is 90.0 Å². The van der Waals surface area contributed by atoms with E-state index in [1.165, 1.54) is 12.1 Å². The highest BCUT2D eigenvalue weighted by molar-refractivity contribution is 7.89. The quantitative estimate of drug-likeness (QED) is 0.509. The molecule has 0 aliphatic rings. The Morgan fingerprint density at radius 2 is 1.57 bits per heavy atom. The Labute approximate surface area is 163 Å². The summed E-state index contributed by atoms with van der Waals surface area (Å²) < 4.78 is 41.2. The van der Waals surface area contributed by atoms with Gasteiger partial charge in [-0.25, -0.2) is 17.5 Å². The number of fused-ring (bicyclic) bond motifs is 1. The van der Waals surface area contributed by atoms with Gasteiger partial charge in [0.15, 0.2) is 0 Å². The highest BCUT2D eigenvalue weighted by Crippen LogP contribution is 2.30. The van der Waals surface area contributed by atoms with Crippen LogP contribution in [0, 0.1) is 5.82 Å². The molecule has 1 atom stereocenters. The number of hydrogen-bond acceptors (Lipinski definition) is 2. The zero-order valence-corrected chi connectivity index (χ0v) is 15.8. The van der Waals surface area contributed by atoms with Crippen LogP contribution in [0.2, 0.25) is 0 Å². The Bertz CT molecular complexity index is 1190. The highest BCUT2D eigenvalue weighted by atomic mass is 32.2. The lowest BCUT2D eigenvalue weighted by Crippen LogP contribution is -2.29. The van der Waals surface area contributed by atoms with E-state index in [1.54, 1.807) is 0 Å². The van der Waals surface area contributed by atoms with Crippen LogP contribution in [-0.2, 0) is 10.0 Å². The normalized spacial score (nSPS) is 12.9. The van der Waals surface area contributed by atoms with E-state index in [-0.39, 0.29) is 17.4 Å². The molecule has 4 rings (SSSR count). The number of aromatic amines is 1. The number of benzene rings is 3. The predicted molar refractivity (Wildman–Crippen MR) is 108 cm³/mol. The maximum Gasteiger partial charge on any atom is 0.240 e. The van der Waals surface area contributed by atoms with Gasteiger partial charge in [-0.3, -0.25) is 0 Å². The van der Waals surface area contributed by atoms with Crippen LogP contribution < -0.4 is 4.72 Å². The van der Waals surface area contributed by atoms with E-state index >= 15 is 0 Å². The Hall–Kier alpha value is -2.96. The molecule has 142 valence electrons. The van der Waals surface area contributed by atoms with Crippen molar-refractivity contribution < 1.29 is 12.8 Å². The number of H-pyrrole nitrogens is 1. The molecule has 0 amide bonds. The van der Waals surface area contributed by atoms with Crippen LogP contribution in [0.25, 0.3) is 10.9 Å². The van der Waals surface area contributed by atoms with Crippen molar-refractivity contribution in [1.82, 2.24) is 9.71 Å². The fourth-order valence-corrected chi connectivity index (χ4v) is 4.41. The lowest BCUT2D eigenvalue weighted by molar-refractivity contribution is 0.577. The van der Waals surface area contributed by atoms with E-state index in [2.05, 4.69) is 9.71 Å². The zero-order valence-electron chi connectivity index (χ0n) is 15.0. The van der Waals surface area contributed by atoms with Gasteiger partial charge in [-0.1, -0.05) is 48.5 Å². The van der Waals surface area contributed by atoms with E-state index < -0.39 is 15.8 Å². The van der Waals surface area contributed by atoms with Gasteiger partial charge in [-0.2, -0.15) is 0 Å². The van der Waals surface area contributed by atoms with Crippen LogP contribution in [0.5, 0.6) is 0 Å². The molecule has 28 heavy (non-hydrogen) atoms. The minimum Gasteiger partial charge on any atom is -0.361 e. The fraction of sp³-hybridized carbons (Fsp3) is 0.0909. The first-order chi connectivity index (χ1) is 13.5. The maximum atomic E-state index is 13.1. The van der Waals surface area contributed by atoms with Crippen molar-refractivity contribution in [1.29, 1.82) is 0 Å². The van der Waals surface area contributed by atoms with Crippen LogP contribution in [0.3, 0.4) is 0 Å². The second-order valence-corrected chi connectivity index (χ2v) is 8.33. The number of aromatic nitrogens is 1. The number of nitrogens with one attached hydrogen (secondary N) is 2. The molecule has 0 aliphatic carbocycles. The molecule has 1 heterocycles. The fourth-order valence-electron chi connectivity index (χ4n) is 3.37. The first kappa shape index (κ1) is 18.4. The monoisotopic (exact) mass is 394 g/mol. The van der Waals surface area contributed by atoms with E-state index in [9.17, 15) is 12.8 Å². The van der Waals surface area contributed by atoms with Gasteiger partial charge in [-0.05, 0) is 41.5 Å². The van der Waals surface area contributed by atoms with Crippen molar-refractivity contribution in [2.45, 2.75) is 10.8 Å². The molecule has 3 aromatic carbocycles. The summed E-state index contributed by atoms with van der Waals surface area (Å²) in [7, 11) is -3.75. The second kappa shape index (κ2) is 7.58. The minimum atomic E-state index is -3.75. The number of hydrogen-bond donors (Lipinski definition) is 2. The average Bonchev–Trinajstić information content (AvgIpc) is 3.13. The van der Waals surface area contributed by atoms with Crippen molar-refractivity contribution in [3.05, 3.63) is 102 Å². The predicted octanol–water partition coefficient (Wildman–Crippen LogP) is 4.42.